The average molecular weight is 357 g/mol. The zero-order valence-electron chi connectivity index (χ0n) is 16.1. The molecule has 0 amide bonds. The van der Waals surface area contributed by atoms with Crippen LogP contribution in [0.5, 0.6) is 0 Å². The number of carbonyl (C=O) groups is 1. The summed E-state index contributed by atoms with van der Waals surface area (Å²) in [6.07, 6.45) is 1.15. The zero-order chi connectivity index (χ0) is 19.6. The Labute approximate surface area is 156 Å². The second-order valence-electron chi connectivity index (χ2n) is 6.54. The first kappa shape index (κ1) is 21.9. The lowest BCUT2D eigenvalue weighted by atomic mass is 9.66. The van der Waals surface area contributed by atoms with Gasteiger partial charge in [-0.1, -0.05) is 67.6 Å². The highest BCUT2D eigenvalue weighted by Gasteiger charge is 2.41. The molecule has 0 aliphatic carbocycles. The van der Waals surface area contributed by atoms with Gasteiger partial charge in [-0.25, -0.2) is 0 Å². The van der Waals surface area contributed by atoms with Crippen LogP contribution in [0.1, 0.15) is 44.7 Å². The Morgan fingerprint density at radius 3 is 1.73 bits per heavy atom. The Bertz CT molecular complexity index is 599. The van der Waals surface area contributed by atoms with E-state index in [1.54, 1.807) is 0 Å². The topological polar surface area (TPSA) is 69.6 Å². The largest absolute Gasteiger partial charge is 0.481 e. The first-order valence-electron chi connectivity index (χ1n) is 9.04. The van der Waals surface area contributed by atoms with Gasteiger partial charge in [-0.05, 0) is 37.9 Å². The zero-order valence-corrected chi connectivity index (χ0v) is 16.1. The molecule has 4 heteroatoms. The van der Waals surface area contributed by atoms with Gasteiger partial charge in [-0.3, -0.25) is 4.79 Å². The van der Waals surface area contributed by atoms with Crippen molar-refractivity contribution in [3.63, 3.8) is 0 Å². The van der Waals surface area contributed by atoms with E-state index in [0.29, 0.717) is 6.04 Å². The number of carboxylic acid groups (broad SMARTS) is 1. The van der Waals surface area contributed by atoms with Gasteiger partial charge in [0, 0.05) is 18.4 Å². The van der Waals surface area contributed by atoms with Gasteiger partial charge < -0.3 is 15.5 Å². The molecule has 3 N–H and O–H groups in total. The number of nitrogens with one attached hydrogen (secondary N) is 1. The van der Waals surface area contributed by atoms with Crippen LogP contribution < -0.4 is 5.32 Å². The number of aliphatic hydroxyl groups is 1. The first-order valence-corrected chi connectivity index (χ1v) is 9.04. The first-order chi connectivity index (χ1) is 12.4. The van der Waals surface area contributed by atoms with Crippen LogP contribution in [0.3, 0.4) is 0 Å². The summed E-state index contributed by atoms with van der Waals surface area (Å²) in [6.45, 7) is 5.30. The maximum absolute atomic E-state index is 11.0. The van der Waals surface area contributed by atoms with Crippen LogP contribution in [-0.2, 0) is 10.2 Å². The van der Waals surface area contributed by atoms with Gasteiger partial charge in [0.2, 0.25) is 0 Å². The van der Waals surface area contributed by atoms with Gasteiger partial charge in [0.1, 0.15) is 0 Å². The molecular formula is C22H31NO3. The Kier molecular flexibility index (Phi) is 9.03. The molecule has 2 rings (SSSR count). The van der Waals surface area contributed by atoms with Crippen LogP contribution in [0.15, 0.2) is 60.7 Å². The van der Waals surface area contributed by atoms with Gasteiger partial charge in [-0.15, -0.1) is 0 Å². The molecular weight excluding hydrogens is 326 g/mol. The number of benzene rings is 2. The molecule has 0 spiro atoms. The normalized spacial score (nSPS) is 13.3. The summed E-state index contributed by atoms with van der Waals surface area (Å²) in [4.78, 5) is 9.00. The predicted octanol–water partition coefficient (Wildman–Crippen LogP) is 3.83. The molecule has 0 aliphatic rings. The molecule has 0 radical (unpaired) electrons. The fourth-order valence-corrected chi connectivity index (χ4v) is 3.33. The summed E-state index contributed by atoms with van der Waals surface area (Å²) in [5, 5.41) is 21.7. The molecule has 0 bridgehead atoms. The summed E-state index contributed by atoms with van der Waals surface area (Å²) in [6, 6.07) is 21.1. The van der Waals surface area contributed by atoms with Gasteiger partial charge in [0.15, 0.2) is 0 Å². The molecule has 2 aromatic rings. The smallest absolute Gasteiger partial charge is 0.300 e. The van der Waals surface area contributed by atoms with Crippen molar-refractivity contribution in [2.75, 3.05) is 7.05 Å². The minimum atomic E-state index is -0.833. The van der Waals surface area contributed by atoms with Crippen LogP contribution in [0.25, 0.3) is 0 Å². The number of aliphatic carboxylic acids is 1. The van der Waals surface area contributed by atoms with Crippen LogP contribution in [0, 0.1) is 0 Å². The number of hydrogen-bond donors (Lipinski definition) is 3. The summed E-state index contributed by atoms with van der Waals surface area (Å²) in [5.74, 6) is -0.833. The maximum atomic E-state index is 11.0. The summed E-state index contributed by atoms with van der Waals surface area (Å²) < 4.78 is 0. The number of carboxylic acids is 1. The highest BCUT2D eigenvalue weighted by Crippen LogP contribution is 2.41. The molecule has 0 aromatic heterocycles. The Morgan fingerprint density at radius 1 is 1.04 bits per heavy atom. The van der Waals surface area contributed by atoms with Crippen LogP contribution in [-0.4, -0.2) is 35.4 Å². The highest BCUT2D eigenvalue weighted by molar-refractivity contribution is 5.62. The van der Waals surface area contributed by atoms with Crippen LogP contribution in [0.2, 0.25) is 0 Å². The summed E-state index contributed by atoms with van der Waals surface area (Å²) >= 11 is 0. The highest BCUT2D eigenvalue weighted by atomic mass is 16.4. The van der Waals surface area contributed by atoms with E-state index in [9.17, 15) is 5.11 Å². The van der Waals surface area contributed by atoms with Crippen molar-refractivity contribution >= 4 is 5.97 Å². The lowest BCUT2D eigenvalue weighted by Gasteiger charge is -2.41. The number of rotatable bonds is 7. The molecule has 0 aliphatic heterocycles. The number of aliphatic hydroxyl groups excluding tert-OH is 1. The third kappa shape index (κ3) is 5.68. The Morgan fingerprint density at radius 2 is 1.42 bits per heavy atom. The average Bonchev–Trinajstić information content (AvgIpc) is 2.66. The second-order valence-corrected chi connectivity index (χ2v) is 6.54. The minimum Gasteiger partial charge on any atom is -0.481 e. The summed E-state index contributed by atoms with van der Waals surface area (Å²) in [7, 11) is 1.98. The molecule has 0 heterocycles. The van der Waals surface area contributed by atoms with E-state index in [-0.39, 0.29) is 5.41 Å². The van der Waals surface area contributed by atoms with E-state index in [0.717, 1.165) is 19.8 Å². The van der Waals surface area contributed by atoms with Crippen molar-refractivity contribution in [2.24, 2.45) is 0 Å². The predicted molar refractivity (Wildman–Crippen MR) is 106 cm³/mol. The lowest BCUT2D eigenvalue weighted by molar-refractivity contribution is -0.134. The molecule has 0 fully saturated rings. The lowest BCUT2D eigenvalue weighted by Crippen LogP contribution is -2.45. The maximum Gasteiger partial charge on any atom is 0.300 e. The van der Waals surface area contributed by atoms with Crippen LogP contribution >= 0.6 is 0 Å². The van der Waals surface area contributed by atoms with E-state index in [2.05, 4.69) is 67.7 Å². The molecule has 2 atom stereocenters. The van der Waals surface area contributed by atoms with Gasteiger partial charge in [0.05, 0.1) is 6.10 Å². The molecule has 0 saturated heterocycles. The fraction of sp³-hybridized carbons (Fsp3) is 0.409. The standard InChI is InChI=1S/C20H27NO.C2H4O2/c1-4-19(22)20(15-16(2)21-3,17-11-7-5-8-12-17)18-13-9-6-10-14-18;1-2(3)4/h5-14,16,19,21-22H,4,15H2,1-3H3;1H3,(H,3,4). The fourth-order valence-electron chi connectivity index (χ4n) is 3.33. The van der Waals surface area contributed by atoms with Gasteiger partial charge in [-0.2, -0.15) is 0 Å². The summed E-state index contributed by atoms with van der Waals surface area (Å²) in [5.41, 5.74) is 1.97. The van der Waals surface area contributed by atoms with Gasteiger partial charge >= 0.3 is 0 Å². The van der Waals surface area contributed by atoms with Crippen molar-refractivity contribution in [2.45, 2.75) is 51.2 Å². The second kappa shape index (κ2) is 10.7. The third-order valence-corrected chi connectivity index (χ3v) is 4.65. The molecule has 4 nitrogen and oxygen atoms in total. The van der Waals surface area contributed by atoms with Crippen molar-refractivity contribution in [3.8, 4) is 0 Å². The minimum absolute atomic E-state index is 0.307. The van der Waals surface area contributed by atoms with Crippen molar-refractivity contribution < 1.29 is 15.0 Å². The van der Waals surface area contributed by atoms with Gasteiger partial charge in [0.25, 0.3) is 5.97 Å². The molecule has 26 heavy (non-hydrogen) atoms. The van der Waals surface area contributed by atoms with Crippen molar-refractivity contribution in [1.82, 2.24) is 5.32 Å². The molecule has 0 saturated carbocycles. The SMILES string of the molecule is CC(=O)O.CCC(O)C(CC(C)NC)(c1ccccc1)c1ccccc1. The monoisotopic (exact) mass is 357 g/mol. The molecule has 142 valence electrons. The van der Waals surface area contributed by atoms with E-state index in [1.165, 1.54) is 11.1 Å². The molecule has 2 unspecified atom stereocenters. The van der Waals surface area contributed by atoms with E-state index < -0.39 is 12.1 Å². The van der Waals surface area contributed by atoms with Crippen LogP contribution in [0.4, 0.5) is 0 Å². The Balaban J connectivity index is 0.000000765. The quantitative estimate of drug-likeness (QED) is 0.704. The Hall–Kier alpha value is -2.17. The van der Waals surface area contributed by atoms with E-state index in [1.807, 2.05) is 19.2 Å². The van der Waals surface area contributed by atoms with Crippen molar-refractivity contribution in [1.29, 1.82) is 0 Å². The van der Waals surface area contributed by atoms with E-state index in [4.69, 9.17) is 9.90 Å². The van der Waals surface area contributed by atoms with Crippen molar-refractivity contribution in [3.05, 3.63) is 71.8 Å². The number of hydrogen-bond acceptors (Lipinski definition) is 3. The third-order valence-electron chi connectivity index (χ3n) is 4.65. The molecule has 2 aromatic carbocycles. The van der Waals surface area contributed by atoms with E-state index >= 15 is 0 Å².